The number of ketones is 1. The van der Waals surface area contributed by atoms with Crippen molar-refractivity contribution in [3.05, 3.63) is 34.4 Å². The summed E-state index contributed by atoms with van der Waals surface area (Å²) in [7, 11) is 0. The zero-order valence-corrected chi connectivity index (χ0v) is 11.0. The smallest absolute Gasteiger partial charge is 0.164 e. The predicted molar refractivity (Wildman–Crippen MR) is 70.6 cm³/mol. The average molecular weight is 231 g/mol. The molecule has 0 aromatic heterocycles. The highest BCUT2D eigenvalue weighted by Crippen LogP contribution is 2.20. The van der Waals surface area contributed by atoms with Gasteiger partial charge in [-0.2, -0.15) is 0 Å². The number of Topliss-reactive ketones (excluding diaryl/α,β-unsaturated/α-hetero) is 1. The number of hydrogen-bond acceptors (Lipinski definition) is 2. The molecule has 1 heterocycles. The highest BCUT2D eigenvalue weighted by molar-refractivity contribution is 5.98. The molecule has 0 amide bonds. The van der Waals surface area contributed by atoms with Gasteiger partial charge in [0, 0.05) is 18.0 Å². The summed E-state index contributed by atoms with van der Waals surface area (Å²) in [5.74, 6) is 0.282. The molecule has 1 aliphatic heterocycles. The molecular weight excluding hydrogens is 210 g/mol. The minimum atomic E-state index is 0.282. The Morgan fingerprint density at radius 3 is 2.71 bits per heavy atom. The molecule has 0 saturated carbocycles. The van der Waals surface area contributed by atoms with Crippen molar-refractivity contribution in [3.63, 3.8) is 0 Å². The monoisotopic (exact) mass is 231 g/mol. The van der Waals surface area contributed by atoms with Crippen LogP contribution >= 0.6 is 0 Å². The van der Waals surface area contributed by atoms with E-state index in [4.69, 9.17) is 0 Å². The molecule has 1 N–H and O–H groups in total. The summed E-state index contributed by atoms with van der Waals surface area (Å²) in [4.78, 5) is 12.2. The summed E-state index contributed by atoms with van der Waals surface area (Å²) in [6.07, 6.45) is 2.98. The van der Waals surface area contributed by atoms with Gasteiger partial charge >= 0.3 is 0 Å². The van der Waals surface area contributed by atoms with Gasteiger partial charge in [-0.15, -0.1) is 0 Å². The Bertz CT molecular complexity index is 431. The Morgan fingerprint density at radius 1 is 1.29 bits per heavy atom. The van der Waals surface area contributed by atoms with Gasteiger partial charge in [0.05, 0.1) is 0 Å². The summed E-state index contributed by atoms with van der Waals surface area (Å²) in [5, 5.41) is 3.38. The van der Waals surface area contributed by atoms with Crippen molar-refractivity contribution in [1.29, 1.82) is 0 Å². The normalized spacial score (nSPS) is 19.6. The molecule has 2 nitrogen and oxygen atoms in total. The number of aryl methyl sites for hydroxylation is 1. The van der Waals surface area contributed by atoms with Gasteiger partial charge in [-0.3, -0.25) is 4.79 Å². The molecule has 1 aromatic rings. The van der Waals surface area contributed by atoms with Crippen LogP contribution in [0.4, 0.5) is 0 Å². The Labute approximate surface area is 103 Å². The summed E-state index contributed by atoms with van der Waals surface area (Å²) in [6.45, 7) is 7.30. The van der Waals surface area contributed by atoms with Crippen molar-refractivity contribution in [1.82, 2.24) is 5.32 Å². The number of nitrogens with one attached hydrogen (secondary N) is 1. The van der Waals surface area contributed by atoms with E-state index in [2.05, 4.69) is 32.2 Å². The van der Waals surface area contributed by atoms with Gasteiger partial charge in [-0.05, 0) is 56.8 Å². The minimum absolute atomic E-state index is 0.282. The van der Waals surface area contributed by atoms with Crippen LogP contribution in [0.5, 0.6) is 0 Å². The first-order chi connectivity index (χ1) is 8.09. The number of carbonyl (C=O) groups excluding carboxylic acids is 1. The quantitative estimate of drug-likeness (QED) is 0.810. The molecule has 0 spiro atoms. The highest BCUT2D eigenvalue weighted by Gasteiger charge is 2.20. The van der Waals surface area contributed by atoms with Crippen molar-refractivity contribution in [2.45, 2.75) is 46.1 Å². The molecule has 2 rings (SSSR count). The summed E-state index contributed by atoms with van der Waals surface area (Å²) in [6, 6.07) is 4.43. The molecule has 2 heteroatoms. The second-order valence-electron chi connectivity index (χ2n) is 5.10. The molecule has 1 fully saturated rings. The lowest BCUT2D eigenvalue weighted by Gasteiger charge is -2.13. The Kier molecular flexibility index (Phi) is 3.63. The van der Waals surface area contributed by atoms with E-state index in [-0.39, 0.29) is 5.78 Å². The van der Waals surface area contributed by atoms with Crippen LogP contribution in [-0.2, 0) is 0 Å². The maximum atomic E-state index is 12.2. The Morgan fingerprint density at radius 2 is 2.06 bits per heavy atom. The van der Waals surface area contributed by atoms with Gasteiger partial charge in [0.1, 0.15) is 0 Å². The van der Waals surface area contributed by atoms with Crippen molar-refractivity contribution in [2.75, 3.05) is 6.54 Å². The molecule has 17 heavy (non-hydrogen) atoms. The van der Waals surface area contributed by atoms with Crippen molar-refractivity contribution in [3.8, 4) is 0 Å². The van der Waals surface area contributed by atoms with Gasteiger partial charge < -0.3 is 5.32 Å². The van der Waals surface area contributed by atoms with Crippen LogP contribution in [0.2, 0.25) is 0 Å². The first-order valence-electron chi connectivity index (χ1n) is 6.43. The lowest BCUT2D eigenvalue weighted by Crippen LogP contribution is -2.24. The van der Waals surface area contributed by atoms with E-state index in [1.165, 1.54) is 17.5 Å². The van der Waals surface area contributed by atoms with E-state index >= 15 is 0 Å². The summed E-state index contributed by atoms with van der Waals surface area (Å²) in [5.41, 5.74) is 4.56. The Balaban J connectivity index is 2.16. The lowest BCUT2D eigenvalue weighted by atomic mass is 9.93. The molecule has 0 bridgehead atoms. The fraction of sp³-hybridized carbons (Fsp3) is 0.533. The first-order valence-corrected chi connectivity index (χ1v) is 6.43. The number of hydrogen-bond donors (Lipinski definition) is 1. The molecule has 1 atom stereocenters. The van der Waals surface area contributed by atoms with E-state index in [0.29, 0.717) is 12.5 Å². The van der Waals surface area contributed by atoms with E-state index in [9.17, 15) is 4.79 Å². The minimum Gasteiger partial charge on any atom is -0.314 e. The second kappa shape index (κ2) is 5.01. The Hall–Kier alpha value is -1.15. The zero-order chi connectivity index (χ0) is 12.4. The third-order valence-electron chi connectivity index (χ3n) is 3.95. The summed E-state index contributed by atoms with van der Waals surface area (Å²) >= 11 is 0. The SMILES string of the molecule is Cc1ccc(C(=O)CC2CCCN2)c(C)c1C. The second-order valence-corrected chi connectivity index (χ2v) is 5.10. The van der Waals surface area contributed by atoms with E-state index in [1.807, 2.05) is 6.07 Å². The standard InChI is InChI=1S/C15H21NO/c1-10-6-7-14(12(3)11(10)2)15(17)9-13-5-4-8-16-13/h6-7,13,16H,4-5,8-9H2,1-3H3. The molecule has 92 valence electrons. The fourth-order valence-corrected chi connectivity index (χ4v) is 2.52. The van der Waals surface area contributed by atoms with E-state index < -0.39 is 0 Å². The first kappa shape index (κ1) is 12.3. The molecular formula is C15H21NO. The van der Waals surface area contributed by atoms with Gasteiger partial charge in [-0.1, -0.05) is 12.1 Å². The molecule has 1 saturated heterocycles. The highest BCUT2D eigenvalue weighted by atomic mass is 16.1. The molecule has 1 unspecified atom stereocenters. The fourth-order valence-electron chi connectivity index (χ4n) is 2.52. The van der Waals surface area contributed by atoms with Gasteiger partial charge in [0.25, 0.3) is 0 Å². The van der Waals surface area contributed by atoms with E-state index in [0.717, 1.165) is 24.1 Å². The average Bonchev–Trinajstić information content (AvgIpc) is 2.78. The van der Waals surface area contributed by atoms with Gasteiger partial charge in [0.15, 0.2) is 5.78 Å². The molecule has 1 aliphatic rings. The van der Waals surface area contributed by atoms with Crippen LogP contribution in [0.3, 0.4) is 0 Å². The van der Waals surface area contributed by atoms with Crippen molar-refractivity contribution in [2.24, 2.45) is 0 Å². The van der Waals surface area contributed by atoms with Crippen molar-refractivity contribution < 1.29 is 4.79 Å². The number of benzene rings is 1. The molecule has 0 radical (unpaired) electrons. The maximum Gasteiger partial charge on any atom is 0.164 e. The van der Waals surface area contributed by atoms with Crippen LogP contribution in [-0.4, -0.2) is 18.4 Å². The molecule has 0 aliphatic carbocycles. The van der Waals surface area contributed by atoms with E-state index in [1.54, 1.807) is 0 Å². The van der Waals surface area contributed by atoms with Crippen LogP contribution in [0.25, 0.3) is 0 Å². The third kappa shape index (κ3) is 2.58. The van der Waals surface area contributed by atoms with Crippen LogP contribution in [0.15, 0.2) is 12.1 Å². The maximum absolute atomic E-state index is 12.2. The molecule has 1 aromatic carbocycles. The lowest BCUT2D eigenvalue weighted by molar-refractivity contribution is 0.0971. The number of carbonyl (C=O) groups is 1. The zero-order valence-electron chi connectivity index (χ0n) is 11.0. The van der Waals surface area contributed by atoms with Crippen LogP contribution in [0.1, 0.15) is 46.3 Å². The third-order valence-corrected chi connectivity index (χ3v) is 3.95. The van der Waals surface area contributed by atoms with Crippen LogP contribution < -0.4 is 5.32 Å². The van der Waals surface area contributed by atoms with Gasteiger partial charge in [0.2, 0.25) is 0 Å². The van der Waals surface area contributed by atoms with Crippen LogP contribution in [0, 0.1) is 20.8 Å². The predicted octanol–water partition coefficient (Wildman–Crippen LogP) is 2.94. The summed E-state index contributed by atoms with van der Waals surface area (Å²) < 4.78 is 0. The van der Waals surface area contributed by atoms with Gasteiger partial charge in [-0.25, -0.2) is 0 Å². The number of rotatable bonds is 3. The van der Waals surface area contributed by atoms with Crippen molar-refractivity contribution >= 4 is 5.78 Å². The largest absolute Gasteiger partial charge is 0.314 e. The topological polar surface area (TPSA) is 29.1 Å².